The van der Waals surface area contributed by atoms with E-state index in [0.29, 0.717) is 25.0 Å². The van der Waals surface area contributed by atoms with Crippen molar-refractivity contribution in [2.45, 2.75) is 158 Å². The Morgan fingerprint density at radius 2 is 1.63 bits per heavy atom. The van der Waals surface area contributed by atoms with Gasteiger partial charge in [0.1, 0.15) is 29.0 Å². The fourth-order valence-corrected chi connectivity index (χ4v) is 8.77. The lowest BCUT2D eigenvalue weighted by Crippen LogP contribution is -2.56. The lowest BCUT2D eigenvalue weighted by molar-refractivity contribution is -0.145. The summed E-state index contributed by atoms with van der Waals surface area (Å²) in [7, 11) is 0. The number of amides is 3. The number of carbonyl (C=O) groups is 5. The number of hydrogen-bond donors (Lipinski definition) is 5. The maximum atomic E-state index is 14.3. The van der Waals surface area contributed by atoms with Crippen molar-refractivity contribution in [3.63, 3.8) is 0 Å². The van der Waals surface area contributed by atoms with Gasteiger partial charge in [0.25, 0.3) is 0 Å². The Morgan fingerprint density at radius 1 is 0.918 bits per heavy atom. The summed E-state index contributed by atoms with van der Waals surface area (Å²) in [6.45, 7) is 5.48. The van der Waals surface area contributed by atoms with Gasteiger partial charge in [0, 0.05) is 36.4 Å². The number of carboxylic acids is 1. The summed E-state index contributed by atoms with van der Waals surface area (Å²) in [6, 6.07) is -1.94. The number of alkyl carbamates (subject to hydrolysis) is 1. The minimum Gasteiger partial charge on any atom is -0.479 e. The van der Waals surface area contributed by atoms with Crippen molar-refractivity contribution >= 4 is 29.7 Å². The molecule has 3 aliphatic carbocycles. The van der Waals surface area contributed by atoms with Crippen LogP contribution in [0.15, 0.2) is 12.2 Å². The van der Waals surface area contributed by atoms with Crippen LogP contribution in [0.2, 0.25) is 0 Å². The predicted octanol–water partition coefficient (Wildman–Crippen LogP) is 3.34. The Kier molecular flexibility index (Phi) is 10.7. The standard InChI is InChI=1S/C36H56N6O7/c1-35(2,3)49-34(48)37-27-15-11-6-4-5-10-14-24-20-36(24,33(46)47)38-31(44)29-19-25(21-41(29)32(27)45)42-39-26-17-16-23(18-28(26)40-42)30(43)22-12-8-7-9-13-22/h10,14,22-29,39-40H,4-9,11-13,15-21H2,1-3H3,(H,37,48)(H,38,44)(H,46,47)/b14-10-/t23?,24-,25+,26?,27-,28?,29+,36+/m1/s1. The fourth-order valence-electron chi connectivity index (χ4n) is 8.77. The van der Waals surface area contributed by atoms with Crippen molar-refractivity contribution in [2.24, 2.45) is 17.8 Å². The molecule has 3 heterocycles. The molecule has 8 atom stereocenters. The Balaban J connectivity index is 1.20. The van der Waals surface area contributed by atoms with E-state index in [2.05, 4.69) is 21.5 Å². The van der Waals surface area contributed by atoms with Crippen LogP contribution in [0.1, 0.15) is 117 Å². The number of Topliss-reactive ketones (excluding diaryl/α,β-unsaturated/α-hetero) is 1. The number of hydrazine groups is 2. The van der Waals surface area contributed by atoms with Crippen molar-refractivity contribution in [3.8, 4) is 0 Å². The predicted molar refractivity (Wildman–Crippen MR) is 181 cm³/mol. The number of allylic oxidation sites excluding steroid dienone is 1. The zero-order valence-electron chi connectivity index (χ0n) is 29.4. The van der Waals surface area contributed by atoms with E-state index in [-0.39, 0.29) is 54.8 Å². The minimum atomic E-state index is -1.40. The van der Waals surface area contributed by atoms with Crippen molar-refractivity contribution in [1.82, 2.24) is 31.5 Å². The van der Waals surface area contributed by atoms with Crippen molar-refractivity contribution in [3.05, 3.63) is 12.2 Å². The molecule has 272 valence electrons. The van der Waals surface area contributed by atoms with E-state index in [9.17, 15) is 29.1 Å². The summed E-state index contributed by atoms with van der Waals surface area (Å²) >= 11 is 0. The number of ether oxygens (including phenoxy) is 1. The smallest absolute Gasteiger partial charge is 0.408 e. The number of ketones is 1. The molecule has 0 aromatic carbocycles. The summed E-state index contributed by atoms with van der Waals surface area (Å²) in [5.74, 6) is -1.64. The van der Waals surface area contributed by atoms with Crippen molar-refractivity contribution in [2.75, 3.05) is 6.54 Å². The van der Waals surface area contributed by atoms with Gasteiger partial charge in [0.05, 0.1) is 6.04 Å². The number of fused-ring (bicyclic) bond motifs is 3. The first-order chi connectivity index (χ1) is 23.3. The quantitative estimate of drug-likeness (QED) is 0.271. The molecule has 3 aliphatic heterocycles. The van der Waals surface area contributed by atoms with Crippen LogP contribution in [0.3, 0.4) is 0 Å². The van der Waals surface area contributed by atoms with Crippen LogP contribution in [0.5, 0.6) is 0 Å². The van der Waals surface area contributed by atoms with Gasteiger partial charge >= 0.3 is 12.1 Å². The third-order valence-electron chi connectivity index (χ3n) is 11.6. The van der Waals surface area contributed by atoms with Gasteiger partial charge in [-0.1, -0.05) is 44.3 Å². The van der Waals surface area contributed by atoms with Gasteiger partial charge in [0.2, 0.25) is 11.8 Å². The average molecular weight is 685 g/mol. The second-order valence-corrected chi connectivity index (χ2v) is 16.3. The number of aliphatic carboxylic acids is 1. The van der Waals surface area contributed by atoms with Crippen LogP contribution in [0.4, 0.5) is 4.79 Å². The second kappa shape index (κ2) is 14.7. The minimum absolute atomic E-state index is 0.0399. The van der Waals surface area contributed by atoms with E-state index in [1.54, 1.807) is 20.8 Å². The molecular weight excluding hydrogens is 628 g/mol. The summed E-state index contributed by atoms with van der Waals surface area (Å²) in [5.41, 5.74) is 5.00. The Hall–Kier alpha value is -3.03. The Bertz CT molecular complexity index is 1310. The molecule has 5 fully saturated rings. The monoisotopic (exact) mass is 684 g/mol. The third-order valence-corrected chi connectivity index (χ3v) is 11.6. The van der Waals surface area contributed by atoms with Gasteiger partial charge in [-0.25, -0.2) is 20.4 Å². The summed E-state index contributed by atoms with van der Waals surface area (Å²) in [4.78, 5) is 68.6. The van der Waals surface area contributed by atoms with E-state index >= 15 is 0 Å². The van der Waals surface area contributed by atoms with Crippen LogP contribution in [-0.2, 0) is 23.9 Å². The van der Waals surface area contributed by atoms with Gasteiger partial charge in [0.15, 0.2) is 0 Å². The average Bonchev–Trinajstić information content (AvgIpc) is 3.37. The molecule has 0 bridgehead atoms. The highest BCUT2D eigenvalue weighted by molar-refractivity contribution is 5.96. The molecule has 3 amide bonds. The van der Waals surface area contributed by atoms with E-state index in [1.165, 1.54) is 11.3 Å². The van der Waals surface area contributed by atoms with Crippen molar-refractivity contribution < 1.29 is 33.8 Å². The number of carboxylic acid groups (broad SMARTS) is 1. The highest BCUT2D eigenvalue weighted by Crippen LogP contribution is 2.45. The normalized spacial score (nSPS) is 37.0. The van der Waals surface area contributed by atoms with Gasteiger partial charge in [-0.05, 0) is 85.0 Å². The molecule has 0 aromatic rings. The molecule has 3 unspecified atom stereocenters. The number of nitrogens with one attached hydrogen (secondary N) is 4. The Labute approximate surface area is 289 Å². The van der Waals surface area contributed by atoms with Crippen LogP contribution < -0.4 is 21.5 Å². The van der Waals surface area contributed by atoms with Gasteiger partial charge in [-0.3, -0.25) is 14.4 Å². The molecule has 0 spiro atoms. The van der Waals surface area contributed by atoms with Gasteiger partial charge in [-0.2, -0.15) is 5.12 Å². The third kappa shape index (κ3) is 8.14. The largest absolute Gasteiger partial charge is 0.479 e. The number of nitrogens with zero attached hydrogens (tertiary/aromatic N) is 2. The number of carbonyl (C=O) groups excluding carboxylic acids is 4. The summed E-state index contributed by atoms with van der Waals surface area (Å²) in [5, 5.41) is 17.7. The molecule has 6 aliphatic rings. The SMILES string of the molecule is CC(C)(C)OC(=O)N[C@@H]1CCCCC/C=C\[C@@H]2C[C@]2(C(=O)O)NC(=O)[C@@H]2C[C@H](N3NC4CCC(C(=O)C5CCCCC5)CC4N3)CN2C1=O. The Morgan fingerprint density at radius 3 is 2.37 bits per heavy atom. The molecule has 5 N–H and O–H groups in total. The molecule has 3 saturated carbocycles. The van der Waals surface area contributed by atoms with E-state index < -0.39 is 41.2 Å². The maximum Gasteiger partial charge on any atom is 0.408 e. The highest BCUT2D eigenvalue weighted by atomic mass is 16.6. The van der Waals surface area contributed by atoms with E-state index in [0.717, 1.165) is 64.2 Å². The summed E-state index contributed by atoms with van der Waals surface area (Å²) < 4.78 is 5.50. The maximum absolute atomic E-state index is 14.3. The zero-order chi connectivity index (χ0) is 34.9. The molecular formula is C36H56N6O7. The van der Waals surface area contributed by atoms with Crippen LogP contribution in [-0.4, -0.2) is 92.7 Å². The summed E-state index contributed by atoms with van der Waals surface area (Å²) in [6.07, 6.45) is 15.2. The molecule has 6 rings (SSSR count). The molecule has 13 nitrogen and oxygen atoms in total. The van der Waals surface area contributed by atoms with E-state index in [4.69, 9.17) is 4.74 Å². The topological polar surface area (TPSA) is 169 Å². The van der Waals surface area contributed by atoms with Crippen molar-refractivity contribution in [1.29, 1.82) is 0 Å². The first-order valence-corrected chi connectivity index (χ1v) is 18.7. The zero-order valence-corrected chi connectivity index (χ0v) is 29.4. The van der Waals surface area contributed by atoms with Crippen LogP contribution in [0, 0.1) is 17.8 Å². The van der Waals surface area contributed by atoms with Gasteiger partial charge < -0.3 is 25.4 Å². The first kappa shape index (κ1) is 35.8. The van der Waals surface area contributed by atoms with E-state index in [1.807, 2.05) is 17.3 Å². The lowest BCUT2D eigenvalue weighted by Gasteiger charge is -2.32. The number of hydrogen-bond acceptors (Lipinski definition) is 9. The second-order valence-electron chi connectivity index (χ2n) is 16.3. The van der Waals surface area contributed by atoms with Crippen LogP contribution >= 0.6 is 0 Å². The molecule has 49 heavy (non-hydrogen) atoms. The number of rotatable bonds is 5. The van der Waals surface area contributed by atoms with Crippen LogP contribution in [0.25, 0.3) is 0 Å². The fraction of sp³-hybridized carbons (Fsp3) is 0.806. The highest BCUT2D eigenvalue weighted by Gasteiger charge is 2.61. The first-order valence-electron chi connectivity index (χ1n) is 18.7. The molecule has 13 heteroatoms. The molecule has 0 radical (unpaired) electrons. The molecule has 2 saturated heterocycles. The van der Waals surface area contributed by atoms with Gasteiger partial charge in [-0.15, -0.1) is 0 Å². The lowest BCUT2D eigenvalue weighted by atomic mass is 9.74. The molecule has 0 aromatic heterocycles.